The number of allylic oxidation sites excluding steroid dienone is 26. The van der Waals surface area contributed by atoms with Crippen LogP contribution >= 0.6 is 0 Å². The van der Waals surface area contributed by atoms with E-state index in [4.69, 9.17) is 14.2 Å². The lowest BCUT2D eigenvalue weighted by molar-refractivity contribution is -0.167. The minimum absolute atomic E-state index is 0.117. The van der Waals surface area contributed by atoms with Gasteiger partial charge in [-0.05, 0) is 141 Å². The Morgan fingerprint density at radius 3 is 0.803 bits per heavy atom. The van der Waals surface area contributed by atoms with Gasteiger partial charge in [-0.15, -0.1) is 0 Å². The fraction of sp³-hybridized carbons (Fsp3) is 0.554. The highest BCUT2D eigenvalue weighted by molar-refractivity contribution is 5.71. The van der Waals surface area contributed by atoms with Gasteiger partial charge in [-0.25, -0.2) is 0 Å². The largest absolute Gasteiger partial charge is 0.462 e. The number of esters is 3. The van der Waals surface area contributed by atoms with E-state index in [1.54, 1.807) is 0 Å². The first kappa shape index (κ1) is 66.0. The molecule has 71 heavy (non-hydrogen) atoms. The van der Waals surface area contributed by atoms with E-state index < -0.39 is 6.10 Å². The van der Waals surface area contributed by atoms with E-state index in [-0.39, 0.29) is 37.5 Å². The van der Waals surface area contributed by atoms with Crippen molar-refractivity contribution in [3.8, 4) is 0 Å². The molecule has 0 aliphatic heterocycles. The Morgan fingerprint density at radius 2 is 0.507 bits per heavy atom. The van der Waals surface area contributed by atoms with E-state index >= 15 is 0 Å². The lowest BCUT2D eigenvalue weighted by Gasteiger charge is -2.18. The number of hydrogen-bond acceptors (Lipinski definition) is 6. The fourth-order valence-corrected chi connectivity index (χ4v) is 6.92. The second-order valence-electron chi connectivity index (χ2n) is 17.7. The van der Waals surface area contributed by atoms with Gasteiger partial charge in [-0.1, -0.05) is 211 Å². The van der Waals surface area contributed by atoms with Crippen LogP contribution in [0, 0.1) is 0 Å². The van der Waals surface area contributed by atoms with Crippen LogP contribution in [0.3, 0.4) is 0 Å². The Bertz CT molecular complexity index is 1640. The van der Waals surface area contributed by atoms with Gasteiger partial charge in [0, 0.05) is 19.3 Å². The Kier molecular flexibility index (Phi) is 53.6. The summed E-state index contributed by atoms with van der Waals surface area (Å²) in [6, 6.07) is 0. The van der Waals surface area contributed by atoms with Gasteiger partial charge in [0.15, 0.2) is 6.10 Å². The number of carbonyl (C=O) groups is 3. The molecule has 0 aliphatic rings. The third kappa shape index (κ3) is 55.8. The molecule has 0 radical (unpaired) electrons. The fourth-order valence-electron chi connectivity index (χ4n) is 6.92. The first-order valence-corrected chi connectivity index (χ1v) is 28.0. The highest BCUT2D eigenvalue weighted by atomic mass is 16.6. The van der Waals surface area contributed by atoms with Crippen molar-refractivity contribution in [2.75, 3.05) is 13.2 Å². The van der Waals surface area contributed by atoms with E-state index in [0.717, 1.165) is 167 Å². The van der Waals surface area contributed by atoms with Gasteiger partial charge in [0.25, 0.3) is 0 Å². The molecule has 0 aromatic carbocycles. The SMILES string of the molecule is CC/C=C\C/C=C\C/C=C\C/C=C\C/C=C\C/C=C\C/C=C\CCCCCCCC(=O)OCC(COC(=O)CCCCC/C=C\C/C=C\C/C=C\CC)OC(=O)CCCCC/C=C\C/C=C\C/C=C\CC. The van der Waals surface area contributed by atoms with Crippen LogP contribution in [0.5, 0.6) is 0 Å². The van der Waals surface area contributed by atoms with Crippen molar-refractivity contribution in [2.45, 2.75) is 219 Å². The monoisotopic (exact) mass is 977 g/mol. The van der Waals surface area contributed by atoms with E-state index in [1.165, 1.54) is 0 Å². The molecular weight excluding hydrogens is 877 g/mol. The molecular formula is C65H100O6. The number of carbonyl (C=O) groups excluding carboxylic acids is 3. The van der Waals surface area contributed by atoms with Crippen LogP contribution in [-0.2, 0) is 28.6 Å². The summed E-state index contributed by atoms with van der Waals surface area (Å²) >= 11 is 0. The average Bonchev–Trinajstić information content (AvgIpc) is 3.37. The van der Waals surface area contributed by atoms with Crippen molar-refractivity contribution >= 4 is 17.9 Å². The molecule has 0 heterocycles. The van der Waals surface area contributed by atoms with Crippen LogP contribution in [0.15, 0.2) is 158 Å². The van der Waals surface area contributed by atoms with Crippen LogP contribution in [0.1, 0.15) is 213 Å². The maximum Gasteiger partial charge on any atom is 0.306 e. The maximum absolute atomic E-state index is 12.8. The molecule has 0 amide bonds. The number of hydrogen-bond donors (Lipinski definition) is 0. The van der Waals surface area contributed by atoms with E-state index in [2.05, 4.69) is 179 Å². The Balaban J connectivity index is 4.42. The van der Waals surface area contributed by atoms with Gasteiger partial charge in [0.05, 0.1) is 0 Å². The average molecular weight is 978 g/mol. The van der Waals surface area contributed by atoms with Gasteiger partial charge in [0.2, 0.25) is 0 Å². The van der Waals surface area contributed by atoms with Crippen molar-refractivity contribution in [3.63, 3.8) is 0 Å². The van der Waals surface area contributed by atoms with Crippen molar-refractivity contribution in [3.05, 3.63) is 158 Å². The number of unbranched alkanes of at least 4 members (excludes halogenated alkanes) is 11. The molecule has 0 aliphatic carbocycles. The minimum atomic E-state index is -0.821. The molecule has 0 aromatic rings. The summed E-state index contributed by atoms with van der Waals surface area (Å²) in [6.45, 7) is 6.20. The highest BCUT2D eigenvalue weighted by Crippen LogP contribution is 2.12. The zero-order chi connectivity index (χ0) is 51.4. The topological polar surface area (TPSA) is 78.9 Å². The van der Waals surface area contributed by atoms with Crippen molar-refractivity contribution in [1.82, 2.24) is 0 Å². The van der Waals surface area contributed by atoms with Gasteiger partial charge in [0.1, 0.15) is 13.2 Å². The van der Waals surface area contributed by atoms with Crippen LogP contribution < -0.4 is 0 Å². The van der Waals surface area contributed by atoms with Gasteiger partial charge >= 0.3 is 17.9 Å². The van der Waals surface area contributed by atoms with Crippen LogP contribution in [-0.4, -0.2) is 37.2 Å². The Labute approximate surface area is 435 Å². The zero-order valence-electron chi connectivity index (χ0n) is 45.2. The van der Waals surface area contributed by atoms with Crippen LogP contribution in [0.2, 0.25) is 0 Å². The third-order valence-electron chi connectivity index (χ3n) is 11.0. The molecule has 0 aromatic heterocycles. The van der Waals surface area contributed by atoms with Gasteiger partial charge in [-0.3, -0.25) is 14.4 Å². The summed E-state index contributed by atoms with van der Waals surface area (Å²) in [5.41, 5.74) is 0. The molecule has 1 unspecified atom stereocenters. The molecule has 396 valence electrons. The molecule has 0 bridgehead atoms. The van der Waals surface area contributed by atoms with Crippen molar-refractivity contribution in [1.29, 1.82) is 0 Å². The molecule has 0 rings (SSSR count). The first-order valence-electron chi connectivity index (χ1n) is 28.0. The summed E-state index contributed by atoms with van der Waals surface area (Å²) in [5, 5.41) is 0. The standard InChI is InChI=1S/C65H100O6/c1-4-7-10-13-16-19-22-25-26-27-28-29-30-31-32-33-34-35-36-37-38-41-43-46-49-52-55-58-64(67)70-61-62(71-65(68)59-56-53-50-47-44-40-24-21-18-15-12-9-6-3)60-69-63(66)57-54-51-48-45-42-39-23-20-17-14-11-8-5-2/h7-12,16-21,25-26,28-29,31-32,34-35,37-40,42,44,62H,4-6,13-15,22-24,27,30,33,36,41,43,45-61H2,1-3H3/b10-7-,11-8-,12-9-,19-16-,20-17-,21-18-,26-25-,29-28-,32-31-,35-34-,38-37-,42-39-,44-40-. The van der Waals surface area contributed by atoms with Crippen LogP contribution in [0.25, 0.3) is 0 Å². The Hall–Kier alpha value is -4.97. The van der Waals surface area contributed by atoms with E-state index in [9.17, 15) is 14.4 Å². The number of rotatable bonds is 48. The lowest BCUT2D eigenvalue weighted by Crippen LogP contribution is -2.30. The lowest BCUT2D eigenvalue weighted by atomic mass is 10.1. The van der Waals surface area contributed by atoms with E-state index in [0.29, 0.717) is 19.3 Å². The van der Waals surface area contributed by atoms with Crippen molar-refractivity contribution < 1.29 is 28.6 Å². The summed E-state index contributed by atoms with van der Waals surface area (Å²) in [4.78, 5) is 38.1. The second kappa shape index (κ2) is 57.6. The molecule has 6 nitrogen and oxygen atoms in total. The Morgan fingerprint density at radius 1 is 0.282 bits per heavy atom. The predicted octanol–water partition coefficient (Wildman–Crippen LogP) is 19.0. The molecule has 0 saturated carbocycles. The zero-order valence-corrected chi connectivity index (χ0v) is 45.2. The van der Waals surface area contributed by atoms with Gasteiger partial charge in [-0.2, -0.15) is 0 Å². The molecule has 1 atom stereocenters. The van der Waals surface area contributed by atoms with E-state index in [1.807, 2.05) is 0 Å². The van der Waals surface area contributed by atoms with Crippen molar-refractivity contribution in [2.24, 2.45) is 0 Å². The second-order valence-corrected chi connectivity index (χ2v) is 17.7. The summed E-state index contributed by atoms with van der Waals surface area (Å²) in [6.07, 6.45) is 83.8. The quantitative estimate of drug-likeness (QED) is 0.0262. The number of ether oxygens (including phenoxy) is 3. The molecule has 6 heteroatoms. The molecule has 0 spiro atoms. The molecule has 0 fully saturated rings. The predicted molar refractivity (Wildman–Crippen MR) is 306 cm³/mol. The normalized spacial score (nSPS) is 13.3. The smallest absolute Gasteiger partial charge is 0.306 e. The maximum atomic E-state index is 12.8. The summed E-state index contributed by atoms with van der Waals surface area (Å²) in [5.74, 6) is -1.01. The summed E-state index contributed by atoms with van der Waals surface area (Å²) < 4.78 is 16.7. The first-order chi connectivity index (χ1) is 35.0. The third-order valence-corrected chi connectivity index (χ3v) is 11.0. The van der Waals surface area contributed by atoms with Gasteiger partial charge < -0.3 is 14.2 Å². The molecule has 0 saturated heterocycles. The minimum Gasteiger partial charge on any atom is -0.462 e. The molecule has 0 N–H and O–H groups in total. The summed E-state index contributed by atoms with van der Waals surface area (Å²) in [7, 11) is 0. The van der Waals surface area contributed by atoms with Crippen LogP contribution in [0.4, 0.5) is 0 Å². The highest BCUT2D eigenvalue weighted by Gasteiger charge is 2.19.